The molecule has 3 aromatic carbocycles. The quantitative estimate of drug-likeness (QED) is 0.566. The largest absolute Gasteiger partial charge is 0.484 e. The van der Waals surface area contributed by atoms with Crippen LogP contribution in [-0.4, -0.2) is 20.9 Å². The van der Waals surface area contributed by atoms with Crippen LogP contribution in [0, 0.1) is 13.8 Å². The number of benzene rings is 3. The van der Waals surface area contributed by atoms with Crippen LogP contribution in [0.1, 0.15) is 11.1 Å². The maximum atomic E-state index is 13.3. The molecule has 3 aromatic rings. The van der Waals surface area contributed by atoms with Gasteiger partial charge in [0, 0.05) is 5.02 Å². The fourth-order valence-corrected chi connectivity index (χ4v) is 4.38. The molecule has 0 heterocycles. The van der Waals surface area contributed by atoms with Crippen molar-refractivity contribution < 1.29 is 17.9 Å². The van der Waals surface area contributed by atoms with E-state index < -0.39 is 22.5 Å². The van der Waals surface area contributed by atoms with E-state index in [9.17, 15) is 13.2 Å². The standard InChI is InChI=1S/C22H20ClNO4S/c1-16-8-9-17(2)21(14-16)24(29(26,27)20-6-4-3-5-7-20)22(25)15-28-19-12-10-18(23)11-13-19/h3-14H,15H2,1-2H3. The molecule has 5 nitrogen and oxygen atoms in total. The predicted octanol–water partition coefficient (Wildman–Crippen LogP) is 4.76. The molecule has 7 heteroatoms. The van der Waals surface area contributed by atoms with E-state index in [2.05, 4.69) is 0 Å². The SMILES string of the molecule is Cc1ccc(C)c(N(C(=O)COc2ccc(Cl)cc2)S(=O)(=O)c2ccccc2)c1. The van der Waals surface area contributed by atoms with Crippen molar-refractivity contribution in [2.24, 2.45) is 0 Å². The molecule has 0 saturated heterocycles. The second-order valence-electron chi connectivity index (χ2n) is 6.51. The summed E-state index contributed by atoms with van der Waals surface area (Å²) in [7, 11) is -4.12. The normalized spacial score (nSPS) is 11.1. The van der Waals surface area contributed by atoms with Gasteiger partial charge < -0.3 is 4.74 Å². The van der Waals surface area contributed by atoms with E-state index in [4.69, 9.17) is 16.3 Å². The van der Waals surface area contributed by atoms with Crippen LogP contribution in [-0.2, 0) is 14.8 Å². The Morgan fingerprint density at radius 2 is 1.62 bits per heavy atom. The highest BCUT2D eigenvalue weighted by molar-refractivity contribution is 7.93. The molecule has 29 heavy (non-hydrogen) atoms. The summed E-state index contributed by atoms with van der Waals surface area (Å²) >= 11 is 5.85. The summed E-state index contributed by atoms with van der Waals surface area (Å²) in [6, 6.07) is 19.7. The van der Waals surface area contributed by atoms with Gasteiger partial charge in [-0.3, -0.25) is 4.79 Å². The number of amides is 1. The number of rotatable bonds is 6. The lowest BCUT2D eigenvalue weighted by atomic mass is 10.1. The van der Waals surface area contributed by atoms with Gasteiger partial charge in [-0.05, 0) is 67.4 Å². The maximum absolute atomic E-state index is 13.3. The van der Waals surface area contributed by atoms with E-state index in [0.29, 0.717) is 22.0 Å². The summed E-state index contributed by atoms with van der Waals surface area (Å²) in [5, 5.41) is 0.535. The van der Waals surface area contributed by atoms with E-state index >= 15 is 0 Å². The van der Waals surface area contributed by atoms with E-state index in [1.54, 1.807) is 61.5 Å². The van der Waals surface area contributed by atoms with Gasteiger partial charge in [-0.2, -0.15) is 4.31 Å². The minimum absolute atomic E-state index is 0.0285. The highest BCUT2D eigenvalue weighted by atomic mass is 35.5. The Labute approximate surface area is 175 Å². The van der Waals surface area contributed by atoms with Gasteiger partial charge in [-0.1, -0.05) is 41.9 Å². The third-order valence-corrected chi connectivity index (χ3v) is 6.27. The third-order valence-electron chi connectivity index (χ3n) is 4.27. The Morgan fingerprint density at radius 1 is 0.966 bits per heavy atom. The number of ether oxygens (including phenoxy) is 1. The lowest BCUT2D eigenvalue weighted by molar-refractivity contribution is -0.119. The van der Waals surface area contributed by atoms with Gasteiger partial charge in [-0.25, -0.2) is 8.42 Å². The van der Waals surface area contributed by atoms with Crippen LogP contribution in [0.2, 0.25) is 5.02 Å². The molecule has 0 N–H and O–H groups in total. The molecule has 1 amide bonds. The number of hydrogen-bond donors (Lipinski definition) is 0. The zero-order chi connectivity index (χ0) is 21.0. The summed E-state index contributed by atoms with van der Waals surface area (Å²) < 4.78 is 33.0. The van der Waals surface area contributed by atoms with Crippen molar-refractivity contribution >= 4 is 33.2 Å². The van der Waals surface area contributed by atoms with E-state index in [0.717, 1.165) is 9.87 Å². The first-order valence-corrected chi connectivity index (χ1v) is 10.7. The molecule has 0 saturated carbocycles. The average molecular weight is 430 g/mol. The molecule has 0 aromatic heterocycles. The lowest BCUT2D eigenvalue weighted by Gasteiger charge is -2.24. The minimum atomic E-state index is -4.12. The van der Waals surface area contributed by atoms with Crippen LogP contribution in [0.4, 0.5) is 5.69 Å². The fourth-order valence-electron chi connectivity index (χ4n) is 2.77. The third kappa shape index (κ3) is 4.78. The summed E-state index contributed by atoms with van der Waals surface area (Å²) in [5.74, 6) is -0.279. The lowest BCUT2D eigenvalue weighted by Crippen LogP contribution is -2.40. The molecule has 0 unspecified atom stereocenters. The second-order valence-corrected chi connectivity index (χ2v) is 8.73. The van der Waals surface area contributed by atoms with Crippen molar-refractivity contribution in [2.75, 3.05) is 10.9 Å². The number of nitrogens with zero attached hydrogens (tertiary/aromatic N) is 1. The Kier molecular flexibility index (Phi) is 6.25. The highest BCUT2D eigenvalue weighted by Crippen LogP contribution is 2.28. The molecular formula is C22H20ClNO4S. The number of aryl methyl sites for hydroxylation is 2. The monoisotopic (exact) mass is 429 g/mol. The first kappa shape index (κ1) is 20.9. The predicted molar refractivity (Wildman–Crippen MR) is 114 cm³/mol. The van der Waals surface area contributed by atoms with Crippen LogP contribution in [0.3, 0.4) is 0 Å². The first-order chi connectivity index (χ1) is 13.8. The van der Waals surface area contributed by atoms with Crippen molar-refractivity contribution in [3.63, 3.8) is 0 Å². The summed E-state index contributed by atoms with van der Waals surface area (Å²) in [4.78, 5) is 13.1. The van der Waals surface area contributed by atoms with Crippen LogP contribution >= 0.6 is 11.6 Å². The molecule has 3 rings (SSSR count). The van der Waals surface area contributed by atoms with E-state index in [1.807, 2.05) is 13.0 Å². The number of anilines is 1. The van der Waals surface area contributed by atoms with Crippen LogP contribution < -0.4 is 9.04 Å². The molecule has 0 fully saturated rings. The van der Waals surface area contributed by atoms with E-state index in [1.165, 1.54) is 12.1 Å². The molecule has 0 aliphatic carbocycles. The number of hydrogen-bond acceptors (Lipinski definition) is 4. The Morgan fingerprint density at radius 3 is 2.28 bits per heavy atom. The number of carbonyl (C=O) groups is 1. The fraction of sp³-hybridized carbons (Fsp3) is 0.136. The van der Waals surface area contributed by atoms with Gasteiger partial charge in [0.1, 0.15) is 5.75 Å². The molecular weight excluding hydrogens is 410 g/mol. The zero-order valence-electron chi connectivity index (χ0n) is 16.0. The second kappa shape index (κ2) is 8.68. The molecule has 0 spiro atoms. The van der Waals surface area contributed by atoms with Gasteiger partial charge >= 0.3 is 0 Å². The summed E-state index contributed by atoms with van der Waals surface area (Å²) in [6.45, 7) is 3.15. The average Bonchev–Trinajstić information content (AvgIpc) is 2.71. The zero-order valence-corrected chi connectivity index (χ0v) is 17.6. The molecule has 0 radical (unpaired) electrons. The van der Waals surface area contributed by atoms with Crippen molar-refractivity contribution in [3.05, 3.63) is 88.9 Å². The number of carbonyl (C=O) groups excluding carboxylic acids is 1. The summed E-state index contributed by atoms with van der Waals surface area (Å²) in [6.07, 6.45) is 0. The molecule has 150 valence electrons. The first-order valence-electron chi connectivity index (χ1n) is 8.88. The number of sulfonamides is 1. The minimum Gasteiger partial charge on any atom is -0.484 e. The molecule has 0 bridgehead atoms. The molecule has 0 aliphatic heterocycles. The van der Waals surface area contributed by atoms with Crippen molar-refractivity contribution in [2.45, 2.75) is 18.7 Å². The Bertz CT molecular complexity index is 1110. The highest BCUT2D eigenvalue weighted by Gasteiger charge is 2.32. The molecule has 0 atom stereocenters. The Balaban J connectivity index is 1.99. The van der Waals surface area contributed by atoms with Gasteiger partial charge in [0.2, 0.25) is 0 Å². The van der Waals surface area contributed by atoms with Gasteiger partial charge in [0.25, 0.3) is 15.9 Å². The van der Waals surface area contributed by atoms with Crippen LogP contribution in [0.5, 0.6) is 5.75 Å². The Hall–Kier alpha value is -2.83. The topological polar surface area (TPSA) is 63.7 Å². The van der Waals surface area contributed by atoms with Crippen LogP contribution in [0.15, 0.2) is 77.7 Å². The van der Waals surface area contributed by atoms with Crippen molar-refractivity contribution in [3.8, 4) is 5.75 Å². The van der Waals surface area contributed by atoms with Gasteiger partial charge in [0.05, 0.1) is 10.6 Å². The number of halogens is 1. The summed E-state index contributed by atoms with van der Waals surface area (Å²) in [5.41, 5.74) is 1.80. The smallest absolute Gasteiger partial charge is 0.278 e. The van der Waals surface area contributed by atoms with Crippen molar-refractivity contribution in [1.82, 2.24) is 0 Å². The maximum Gasteiger partial charge on any atom is 0.278 e. The molecule has 0 aliphatic rings. The van der Waals surface area contributed by atoms with E-state index in [-0.39, 0.29) is 4.90 Å². The van der Waals surface area contributed by atoms with Crippen molar-refractivity contribution in [1.29, 1.82) is 0 Å². The van der Waals surface area contributed by atoms with Crippen LogP contribution in [0.25, 0.3) is 0 Å². The van der Waals surface area contributed by atoms with Gasteiger partial charge in [0.15, 0.2) is 6.61 Å². The van der Waals surface area contributed by atoms with Gasteiger partial charge in [-0.15, -0.1) is 0 Å².